The average molecular weight is 566 g/mol. The van der Waals surface area contributed by atoms with Gasteiger partial charge in [-0.1, -0.05) is 79.6 Å². The predicted octanol–water partition coefficient (Wildman–Crippen LogP) is 4.81. The Balaban J connectivity index is 1.09. The molecule has 2 aliphatic heterocycles. The molecule has 2 heterocycles. The van der Waals surface area contributed by atoms with Crippen LogP contribution in [-0.2, 0) is 33.9 Å². The van der Waals surface area contributed by atoms with Gasteiger partial charge in [0.25, 0.3) is 11.8 Å². The summed E-state index contributed by atoms with van der Waals surface area (Å²) in [6.07, 6.45) is 5.03. The molecule has 1 unspecified atom stereocenters. The Bertz CT molecular complexity index is 1430. The highest BCUT2D eigenvalue weighted by Gasteiger charge is 2.44. The van der Waals surface area contributed by atoms with Crippen LogP contribution in [0.5, 0.6) is 0 Å². The molecule has 8 nitrogen and oxygen atoms in total. The highest BCUT2D eigenvalue weighted by molar-refractivity contribution is 6.23. The normalized spacial score (nSPS) is 16.4. The molecule has 5 rings (SSSR count). The monoisotopic (exact) mass is 565 g/mol. The van der Waals surface area contributed by atoms with E-state index in [2.05, 4.69) is 5.32 Å². The summed E-state index contributed by atoms with van der Waals surface area (Å²) in [5.41, 5.74) is 3.77. The number of imide groups is 2. The van der Waals surface area contributed by atoms with Gasteiger partial charge in [-0.3, -0.25) is 34.2 Å². The Morgan fingerprint density at radius 1 is 0.738 bits per heavy atom. The van der Waals surface area contributed by atoms with Crippen LogP contribution in [0.25, 0.3) is 0 Å². The number of fused-ring (bicyclic) bond motifs is 1. The van der Waals surface area contributed by atoms with Crippen molar-refractivity contribution in [3.63, 3.8) is 0 Å². The first-order valence-electron chi connectivity index (χ1n) is 14.6. The molecule has 3 aromatic rings. The van der Waals surface area contributed by atoms with Crippen molar-refractivity contribution in [1.29, 1.82) is 0 Å². The number of piperidine rings is 1. The van der Waals surface area contributed by atoms with Gasteiger partial charge in [-0.15, -0.1) is 0 Å². The number of benzene rings is 3. The van der Waals surface area contributed by atoms with Gasteiger partial charge < -0.3 is 4.90 Å². The first-order chi connectivity index (χ1) is 20.4. The van der Waals surface area contributed by atoms with Gasteiger partial charge in [0.2, 0.25) is 17.7 Å². The van der Waals surface area contributed by atoms with E-state index in [1.165, 1.54) is 0 Å². The zero-order chi connectivity index (χ0) is 29.5. The van der Waals surface area contributed by atoms with Gasteiger partial charge in [0.05, 0.1) is 11.1 Å². The summed E-state index contributed by atoms with van der Waals surface area (Å²) in [6, 6.07) is 24.4. The van der Waals surface area contributed by atoms with Crippen LogP contribution in [-0.4, -0.2) is 45.4 Å². The fraction of sp³-hybridized carbons (Fsp3) is 0.324. The maximum atomic E-state index is 13.2. The second-order valence-electron chi connectivity index (χ2n) is 11.0. The molecule has 216 valence electrons. The molecular weight excluding hydrogens is 530 g/mol. The number of aryl methyl sites for hydroxylation is 1. The molecule has 3 aromatic carbocycles. The van der Waals surface area contributed by atoms with Crippen LogP contribution < -0.4 is 5.32 Å². The van der Waals surface area contributed by atoms with Gasteiger partial charge in [0.15, 0.2) is 0 Å². The van der Waals surface area contributed by atoms with E-state index in [-0.39, 0.29) is 18.7 Å². The SMILES string of the molecule is O=C1CCC(N2C(=O)c3ccc(CCCCCCC(=O)N(Cc4ccccc4)Cc4ccccc4)cc3C2=O)C(=O)N1. The minimum atomic E-state index is -0.961. The quantitative estimate of drug-likeness (QED) is 0.251. The Hall–Kier alpha value is -4.59. The standard InChI is InChI=1S/C34H35N3O5/c38-30-20-19-29(32(40)35-30)37-33(41)27-18-17-24(21-28(27)34(37)42)11-5-1-2-10-16-31(39)36(22-25-12-6-3-7-13-25)23-26-14-8-4-9-15-26/h3-4,6-9,12-15,17-18,21,29H,1-2,5,10-11,16,19-20,22-23H2,(H,35,38,40). The lowest BCUT2D eigenvalue weighted by molar-refractivity contribution is -0.136. The summed E-state index contributed by atoms with van der Waals surface area (Å²) >= 11 is 0. The fourth-order valence-electron chi connectivity index (χ4n) is 5.63. The summed E-state index contributed by atoms with van der Waals surface area (Å²) in [4.78, 5) is 65.8. The number of nitrogens with one attached hydrogen (secondary N) is 1. The fourth-order valence-corrected chi connectivity index (χ4v) is 5.63. The molecule has 0 spiro atoms. The van der Waals surface area contributed by atoms with Crippen LogP contribution in [0.1, 0.15) is 82.4 Å². The molecule has 0 aliphatic carbocycles. The number of unbranched alkanes of at least 4 members (excludes halogenated alkanes) is 3. The van der Waals surface area contributed by atoms with Crippen LogP contribution in [0, 0.1) is 0 Å². The third-order valence-corrected chi connectivity index (χ3v) is 7.90. The molecule has 0 saturated carbocycles. The number of carbonyl (C=O) groups is 5. The molecule has 0 aromatic heterocycles. The van der Waals surface area contributed by atoms with Crippen molar-refractivity contribution in [2.45, 2.75) is 70.5 Å². The number of nitrogens with zero attached hydrogens (tertiary/aromatic N) is 2. The summed E-state index contributed by atoms with van der Waals surface area (Å²) in [5, 5.41) is 2.22. The van der Waals surface area contributed by atoms with E-state index in [4.69, 9.17) is 0 Å². The summed E-state index contributed by atoms with van der Waals surface area (Å²) in [6.45, 7) is 1.16. The molecule has 42 heavy (non-hydrogen) atoms. The number of carbonyl (C=O) groups excluding carboxylic acids is 5. The number of hydrogen-bond acceptors (Lipinski definition) is 5. The first kappa shape index (κ1) is 28.9. The number of amides is 5. The minimum Gasteiger partial charge on any atom is -0.334 e. The van der Waals surface area contributed by atoms with E-state index in [9.17, 15) is 24.0 Å². The molecule has 0 radical (unpaired) electrons. The molecule has 1 saturated heterocycles. The van der Waals surface area contributed by atoms with Crippen LogP contribution in [0.15, 0.2) is 78.9 Å². The highest BCUT2D eigenvalue weighted by Crippen LogP contribution is 2.29. The van der Waals surface area contributed by atoms with Crippen molar-refractivity contribution in [3.05, 3.63) is 107 Å². The topological polar surface area (TPSA) is 104 Å². The lowest BCUT2D eigenvalue weighted by atomic mass is 10.0. The second kappa shape index (κ2) is 13.4. The summed E-state index contributed by atoms with van der Waals surface area (Å²) in [5.74, 6) is -1.83. The first-order valence-corrected chi connectivity index (χ1v) is 14.6. The number of rotatable bonds is 12. The van der Waals surface area contributed by atoms with Gasteiger partial charge in [0, 0.05) is 25.9 Å². The highest BCUT2D eigenvalue weighted by atomic mass is 16.2. The lowest BCUT2D eigenvalue weighted by Crippen LogP contribution is -2.54. The van der Waals surface area contributed by atoms with Gasteiger partial charge in [0.1, 0.15) is 6.04 Å². The van der Waals surface area contributed by atoms with E-state index < -0.39 is 29.7 Å². The molecular formula is C34H35N3O5. The smallest absolute Gasteiger partial charge is 0.262 e. The van der Waals surface area contributed by atoms with E-state index >= 15 is 0 Å². The van der Waals surface area contributed by atoms with Gasteiger partial charge >= 0.3 is 0 Å². The Labute approximate surface area is 245 Å². The van der Waals surface area contributed by atoms with Crippen LogP contribution >= 0.6 is 0 Å². The van der Waals surface area contributed by atoms with Gasteiger partial charge in [-0.25, -0.2) is 0 Å². The van der Waals surface area contributed by atoms with E-state index in [0.717, 1.165) is 53.7 Å². The third-order valence-electron chi connectivity index (χ3n) is 7.90. The van der Waals surface area contributed by atoms with Crippen molar-refractivity contribution in [2.24, 2.45) is 0 Å². The molecule has 0 bridgehead atoms. The van der Waals surface area contributed by atoms with Crippen molar-refractivity contribution < 1.29 is 24.0 Å². The second-order valence-corrected chi connectivity index (χ2v) is 11.0. The Morgan fingerprint density at radius 2 is 1.36 bits per heavy atom. The zero-order valence-corrected chi connectivity index (χ0v) is 23.6. The largest absolute Gasteiger partial charge is 0.334 e. The maximum Gasteiger partial charge on any atom is 0.262 e. The van der Waals surface area contributed by atoms with Crippen LogP contribution in [0.4, 0.5) is 0 Å². The van der Waals surface area contributed by atoms with Gasteiger partial charge in [-0.2, -0.15) is 0 Å². The zero-order valence-electron chi connectivity index (χ0n) is 23.6. The van der Waals surface area contributed by atoms with Crippen molar-refractivity contribution >= 4 is 29.5 Å². The summed E-state index contributed by atoms with van der Waals surface area (Å²) < 4.78 is 0. The minimum absolute atomic E-state index is 0.0960. The third kappa shape index (κ3) is 6.82. The van der Waals surface area contributed by atoms with Crippen molar-refractivity contribution in [1.82, 2.24) is 15.1 Å². The van der Waals surface area contributed by atoms with Crippen LogP contribution in [0.3, 0.4) is 0 Å². The predicted molar refractivity (Wildman–Crippen MR) is 157 cm³/mol. The maximum absolute atomic E-state index is 13.2. The summed E-state index contributed by atoms with van der Waals surface area (Å²) in [7, 11) is 0. The average Bonchev–Trinajstić information content (AvgIpc) is 3.24. The molecule has 5 amide bonds. The van der Waals surface area contributed by atoms with Crippen molar-refractivity contribution in [2.75, 3.05) is 0 Å². The molecule has 2 aliphatic rings. The Kier molecular flexibility index (Phi) is 9.21. The molecule has 1 fully saturated rings. The van der Waals surface area contributed by atoms with Crippen molar-refractivity contribution in [3.8, 4) is 0 Å². The van der Waals surface area contributed by atoms with Crippen LogP contribution in [0.2, 0.25) is 0 Å². The van der Waals surface area contributed by atoms with E-state index in [0.29, 0.717) is 30.6 Å². The Morgan fingerprint density at radius 3 is 2.00 bits per heavy atom. The van der Waals surface area contributed by atoms with Gasteiger partial charge in [-0.05, 0) is 54.5 Å². The molecule has 1 N–H and O–H groups in total. The van der Waals surface area contributed by atoms with E-state index in [1.807, 2.05) is 71.6 Å². The molecule has 8 heteroatoms. The lowest BCUT2D eigenvalue weighted by Gasteiger charge is -2.27. The molecule has 1 atom stereocenters. The van der Waals surface area contributed by atoms with E-state index in [1.54, 1.807) is 12.1 Å². The number of hydrogen-bond donors (Lipinski definition) is 1.